The van der Waals surface area contributed by atoms with Crippen molar-refractivity contribution in [3.63, 3.8) is 0 Å². The molecule has 298 valence electrons. The van der Waals surface area contributed by atoms with Crippen molar-refractivity contribution in [2.75, 3.05) is 4.90 Å². The Labute approximate surface area is 361 Å². The molecular weight excluding hydrogens is 755 g/mol. The summed E-state index contributed by atoms with van der Waals surface area (Å²) in [6.45, 7) is 19.1. The van der Waals surface area contributed by atoms with Gasteiger partial charge in [0.15, 0.2) is 0 Å². The van der Waals surface area contributed by atoms with Gasteiger partial charge in [-0.1, -0.05) is 227 Å². The van der Waals surface area contributed by atoms with Gasteiger partial charge >= 0.3 is 0 Å². The predicted octanol–water partition coefficient (Wildman–Crippen LogP) is 15.1. The highest BCUT2D eigenvalue weighted by Crippen LogP contribution is 2.51. The minimum atomic E-state index is -1.33. The first-order chi connectivity index (χ1) is 28.7. The lowest BCUT2D eigenvalue weighted by molar-refractivity contribution is 0.660. The molecule has 8 rings (SSSR count). The fourth-order valence-corrected chi connectivity index (χ4v) is 10.6. The largest absolute Gasteiger partial charge is 0.310 e. The van der Waals surface area contributed by atoms with E-state index in [1.807, 2.05) is 0 Å². The van der Waals surface area contributed by atoms with Gasteiger partial charge in [0.1, 0.15) is 0 Å². The van der Waals surface area contributed by atoms with E-state index in [-0.39, 0.29) is 5.41 Å². The molecule has 0 aliphatic heterocycles. The Kier molecular flexibility index (Phi) is 11.3. The molecule has 0 saturated carbocycles. The van der Waals surface area contributed by atoms with Gasteiger partial charge in [-0.3, -0.25) is 0 Å². The fraction of sp³-hybridized carbons (Fsp3) is 0.158. The summed E-state index contributed by atoms with van der Waals surface area (Å²) >= 11 is 0. The van der Waals surface area contributed by atoms with E-state index in [2.05, 4.69) is 258 Å². The van der Waals surface area contributed by atoms with Crippen LogP contribution in [0.1, 0.15) is 58.4 Å². The second kappa shape index (κ2) is 16.6. The maximum atomic E-state index is 2.42. The summed E-state index contributed by atoms with van der Waals surface area (Å²) in [5.74, 6) is 0. The molecule has 0 unspecified atom stereocenters. The number of benzene rings is 7. The van der Waals surface area contributed by atoms with Crippen molar-refractivity contribution in [1.29, 1.82) is 0 Å². The summed E-state index contributed by atoms with van der Waals surface area (Å²) in [4.78, 5) is 2.40. The molecule has 60 heavy (non-hydrogen) atoms. The number of anilines is 3. The van der Waals surface area contributed by atoms with Gasteiger partial charge in [-0.25, -0.2) is 0 Å². The molecule has 0 N–H and O–H groups in total. The van der Waals surface area contributed by atoms with Gasteiger partial charge in [0.05, 0.1) is 16.1 Å². The van der Waals surface area contributed by atoms with Crippen LogP contribution in [0.2, 0.25) is 39.3 Å². The lowest BCUT2D eigenvalue weighted by atomic mass is 9.81. The van der Waals surface area contributed by atoms with Crippen LogP contribution in [0.3, 0.4) is 0 Å². The Hall–Kier alpha value is -6.01. The average Bonchev–Trinajstić information content (AvgIpc) is 3.47. The zero-order chi connectivity index (χ0) is 42.1. The summed E-state index contributed by atoms with van der Waals surface area (Å²) in [5, 5.41) is 2.97. The third-order valence-corrected chi connectivity index (χ3v) is 16.1. The lowest BCUT2D eigenvalue weighted by Crippen LogP contribution is -2.37. The second-order valence-electron chi connectivity index (χ2n) is 18.8. The summed E-state index contributed by atoms with van der Waals surface area (Å²) in [5.41, 5.74) is 15.8. The standard InChI is InChI=1S/C57H57NSi2/c1-57(2)55-40-47(19-18-42-12-10-9-11-13-42)28-38-53(55)54-39-33-50(41-56(54)57)58(48-29-20-43(21-30-48)14-16-45-24-34-51(35-25-45)59(3,4)5)49-31-22-44(23-32-49)15-17-46-26-36-52(37-27-46)60(6,7)8/h9-41H,1-8H3/b16-14+,17-15+,19-18+. The number of hydrogen-bond donors (Lipinski definition) is 0. The summed E-state index contributed by atoms with van der Waals surface area (Å²) in [6.07, 6.45) is 13.3. The quantitative estimate of drug-likeness (QED) is 0.0929. The first-order valence-corrected chi connectivity index (χ1v) is 28.3. The van der Waals surface area contributed by atoms with Gasteiger partial charge in [0.2, 0.25) is 0 Å². The van der Waals surface area contributed by atoms with Gasteiger partial charge in [0, 0.05) is 22.5 Å². The highest BCUT2D eigenvalue weighted by molar-refractivity contribution is 6.89. The molecule has 1 aliphatic rings. The van der Waals surface area contributed by atoms with Gasteiger partial charge in [-0.2, -0.15) is 0 Å². The highest BCUT2D eigenvalue weighted by Gasteiger charge is 2.36. The fourth-order valence-electron chi connectivity index (χ4n) is 8.23. The second-order valence-corrected chi connectivity index (χ2v) is 29.0. The van der Waals surface area contributed by atoms with E-state index in [0.29, 0.717) is 0 Å². The smallest absolute Gasteiger partial charge is 0.0775 e. The zero-order valence-corrected chi connectivity index (χ0v) is 38.5. The normalized spacial score (nSPS) is 13.6. The molecule has 0 bridgehead atoms. The van der Waals surface area contributed by atoms with Crippen molar-refractivity contribution >= 4 is 80.0 Å². The van der Waals surface area contributed by atoms with Crippen molar-refractivity contribution in [2.45, 2.75) is 58.5 Å². The van der Waals surface area contributed by atoms with Crippen molar-refractivity contribution in [2.24, 2.45) is 0 Å². The molecule has 0 atom stereocenters. The number of rotatable bonds is 11. The van der Waals surface area contributed by atoms with Gasteiger partial charge in [0.25, 0.3) is 0 Å². The van der Waals surface area contributed by atoms with E-state index in [0.717, 1.165) is 17.1 Å². The average molecular weight is 812 g/mol. The predicted molar refractivity (Wildman–Crippen MR) is 271 cm³/mol. The van der Waals surface area contributed by atoms with E-state index >= 15 is 0 Å². The molecule has 7 aromatic carbocycles. The van der Waals surface area contributed by atoms with Crippen LogP contribution in [0.25, 0.3) is 47.6 Å². The van der Waals surface area contributed by atoms with Crippen LogP contribution in [0.15, 0.2) is 164 Å². The third-order valence-electron chi connectivity index (χ3n) is 12.0. The van der Waals surface area contributed by atoms with Crippen LogP contribution in [0, 0.1) is 0 Å². The zero-order valence-electron chi connectivity index (χ0n) is 36.5. The summed E-state index contributed by atoms with van der Waals surface area (Å²) in [7, 11) is -2.65. The molecule has 1 aliphatic carbocycles. The summed E-state index contributed by atoms with van der Waals surface area (Å²) in [6, 6.07) is 60.7. The molecule has 0 radical (unpaired) electrons. The first-order valence-electron chi connectivity index (χ1n) is 21.3. The maximum Gasteiger partial charge on any atom is 0.0775 e. The van der Waals surface area contributed by atoms with Crippen molar-refractivity contribution in [1.82, 2.24) is 0 Å². The molecule has 0 spiro atoms. The topological polar surface area (TPSA) is 3.24 Å². The van der Waals surface area contributed by atoms with E-state index in [4.69, 9.17) is 0 Å². The molecule has 0 fully saturated rings. The van der Waals surface area contributed by atoms with Gasteiger partial charge < -0.3 is 4.90 Å². The number of hydrogen-bond acceptors (Lipinski definition) is 1. The van der Waals surface area contributed by atoms with Crippen molar-refractivity contribution in [3.8, 4) is 11.1 Å². The molecule has 1 nitrogen and oxygen atoms in total. The minimum Gasteiger partial charge on any atom is -0.310 e. The maximum absolute atomic E-state index is 2.42. The van der Waals surface area contributed by atoms with Crippen LogP contribution in [-0.4, -0.2) is 16.1 Å². The van der Waals surface area contributed by atoms with Crippen LogP contribution in [0.5, 0.6) is 0 Å². The SMILES string of the molecule is CC1(C)c2cc(/C=C/c3ccccc3)ccc2-c2ccc(N(c3ccc(/C=C/c4ccc([Si](C)(C)C)cc4)cc3)c3ccc(/C=C/c4ccc([Si](C)(C)C)cc4)cc3)cc21. The molecule has 0 heterocycles. The van der Waals surface area contributed by atoms with E-state index in [1.54, 1.807) is 0 Å². The Morgan fingerprint density at radius 1 is 0.350 bits per heavy atom. The monoisotopic (exact) mass is 811 g/mol. The number of fused-ring (bicyclic) bond motifs is 3. The van der Waals surface area contributed by atoms with Gasteiger partial charge in [-0.15, -0.1) is 0 Å². The highest BCUT2D eigenvalue weighted by atomic mass is 28.3. The van der Waals surface area contributed by atoms with Crippen molar-refractivity contribution in [3.05, 3.63) is 208 Å². The Morgan fingerprint density at radius 3 is 1.12 bits per heavy atom. The molecule has 0 saturated heterocycles. The van der Waals surface area contributed by atoms with E-state index in [1.165, 1.54) is 66.0 Å². The minimum absolute atomic E-state index is 0.160. The Bertz CT molecular complexity index is 2580. The number of nitrogens with zero attached hydrogens (tertiary/aromatic N) is 1. The van der Waals surface area contributed by atoms with Crippen LogP contribution < -0.4 is 15.3 Å². The van der Waals surface area contributed by atoms with Gasteiger partial charge in [-0.05, 0) is 92.0 Å². The molecule has 7 aromatic rings. The van der Waals surface area contributed by atoms with E-state index in [9.17, 15) is 0 Å². The molecular formula is C57H57NSi2. The van der Waals surface area contributed by atoms with Crippen LogP contribution >= 0.6 is 0 Å². The third kappa shape index (κ3) is 8.94. The molecule has 0 amide bonds. The Balaban J connectivity index is 1.11. The first kappa shape index (κ1) is 40.8. The summed E-state index contributed by atoms with van der Waals surface area (Å²) < 4.78 is 0. The van der Waals surface area contributed by atoms with Crippen molar-refractivity contribution < 1.29 is 0 Å². The molecule has 3 heteroatoms. The van der Waals surface area contributed by atoms with Crippen LogP contribution in [0.4, 0.5) is 17.1 Å². The van der Waals surface area contributed by atoms with E-state index < -0.39 is 16.1 Å². The Morgan fingerprint density at radius 2 is 0.683 bits per heavy atom. The molecule has 0 aromatic heterocycles. The van der Waals surface area contributed by atoms with Crippen LogP contribution in [-0.2, 0) is 5.41 Å². The lowest BCUT2D eigenvalue weighted by Gasteiger charge is -2.28.